The lowest BCUT2D eigenvalue weighted by Crippen LogP contribution is -2.10. The SMILES string of the molecule is O=C(O)c1c(OCc2ccccc2)cc(-c2ccc(F)c(C(F)(F)F)c2)n2ncnc12. The maximum atomic E-state index is 13.7. The molecule has 0 aliphatic rings. The molecule has 0 spiro atoms. The van der Waals surface area contributed by atoms with E-state index in [1.807, 2.05) is 0 Å². The van der Waals surface area contributed by atoms with Crippen LogP contribution in [0.4, 0.5) is 17.6 Å². The molecule has 4 rings (SSSR count). The van der Waals surface area contributed by atoms with E-state index in [-0.39, 0.29) is 34.8 Å². The number of rotatable bonds is 5. The smallest absolute Gasteiger partial charge is 0.419 e. The number of pyridine rings is 1. The number of carbonyl (C=O) groups is 1. The molecule has 2 aromatic carbocycles. The molecule has 0 atom stereocenters. The first-order valence-corrected chi connectivity index (χ1v) is 8.89. The van der Waals surface area contributed by atoms with Crippen LogP contribution in [0.1, 0.15) is 21.5 Å². The fourth-order valence-electron chi connectivity index (χ4n) is 3.11. The van der Waals surface area contributed by atoms with E-state index in [2.05, 4.69) is 10.1 Å². The minimum Gasteiger partial charge on any atom is -0.488 e. The van der Waals surface area contributed by atoms with Crippen LogP contribution in [0.2, 0.25) is 0 Å². The predicted molar refractivity (Wildman–Crippen MR) is 101 cm³/mol. The van der Waals surface area contributed by atoms with E-state index in [1.54, 1.807) is 30.3 Å². The number of aromatic nitrogens is 3. The number of alkyl halides is 3. The Kier molecular flexibility index (Phi) is 5.05. The highest BCUT2D eigenvalue weighted by Gasteiger charge is 2.34. The molecule has 0 amide bonds. The first-order chi connectivity index (χ1) is 14.8. The van der Waals surface area contributed by atoms with Gasteiger partial charge in [0.2, 0.25) is 0 Å². The lowest BCUT2D eigenvalue weighted by molar-refractivity contribution is -0.139. The van der Waals surface area contributed by atoms with Gasteiger partial charge in [0.1, 0.15) is 30.1 Å². The third-order valence-corrected chi connectivity index (χ3v) is 4.53. The summed E-state index contributed by atoms with van der Waals surface area (Å²) in [5.74, 6) is -2.87. The molecule has 0 aliphatic heterocycles. The van der Waals surface area contributed by atoms with Gasteiger partial charge in [-0.15, -0.1) is 0 Å². The largest absolute Gasteiger partial charge is 0.488 e. The van der Waals surface area contributed by atoms with Crippen LogP contribution in [0.3, 0.4) is 0 Å². The van der Waals surface area contributed by atoms with Gasteiger partial charge in [0.25, 0.3) is 0 Å². The van der Waals surface area contributed by atoms with E-state index >= 15 is 0 Å². The van der Waals surface area contributed by atoms with Crippen LogP contribution < -0.4 is 4.74 Å². The molecule has 6 nitrogen and oxygen atoms in total. The number of aromatic carboxylic acids is 1. The zero-order chi connectivity index (χ0) is 22.2. The van der Waals surface area contributed by atoms with E-state index in [0.29, 0.717) is 12.1 Å². The van der Waals surface area contributed by atoms with E-state index in [1.165, 1.54) is 6.07 Å². The van der Waals surface area contributed by atoms with Crippen molar-refractivity contribution in [2.24, 2.45) is 0 Å². The number of nitrogens with zero attached hydrogens (tertiary/aromatic N) is 3. The summed E-state index contributed by atoms with van der Waals surface area (Å²) < 4.78 is 60.0. The van der Waals surface area contributed by atoms with Crippen LogP contribution in [0.25, 0.3) is 16.9 Å². The quantitative estimate of drug-likeness (QED) is 0.458. The minimum atomic E-state index is -4.91. The second kappa shape index (κ2) is 7.71. The van der Waals surface area contributed by atoms with E-state index in [9.17, 15) is 27.5 Å². The highest BCUT2D eigenvalue weighted by molar-refractivity contribution is 5.98. The molecule has 0 radical (unpaired) electrons. The Balaban J connectivity index is 1.88. The zero-order valence-electron chi connectivity index (χ0n) is 15.6. The van der Waals surface area contributed by atoms with Crippen molar-refractivity contribution in [1.82, 2.24) is 14.6 Å². The summed E-state index contributed by atoms with van der Waals surface area (Å²) in [5.41, 5.74) is -1.09. The first kappa shape index (κ1) is 20.3. The van der Waals surface area contributed by atoms with E-state index in [4.69, 9.17) is 4.74 Å². The average Bonchev–Trinajstić information content (AvgIpc) is 3.21. The third kappa shape index (κ3) is 3.91. The van der Waals surface area contributed by atoms with Gasteiger partial charge in [-0.3, -0.25) is 0 Å². The van der Waals surface area contributed by atoms with Crippen molar-refractivity contribution in [2.45, 2.75) is 12.8 Å². The molecular formula is C21H13F4N3O3. The fourth-order valence-corrected chi connectivity index (χ4v) is 3.11. The molecular weight excluding hydrogens is 418 g/mol. The summed E-state index contributed by atoms with van der Waals surface area (Å²) >= 11 is 0. The molecule has 158 valence electrons. The van der Waals surface area contributed by atoms with Gasteiger partial charge in [0.05, 0.1) is 11.3 Å². The van der Waals surface area contributed by atoms with Gasteiger partial charge in [-0.05, 0) is 23.8 Å². The lowest BCUT2D eigenvalue weighted by atomic mass is 10.0. The molecule has 0 saturated carbocycles. The average molecular weight is 431 g/mol. The van der Waals surface area contributed by atoms with Crippen molar-refractivity contribution < 1.29 is 32.2 Å². The highest BCUT2D eigenvalue weighted by atomic mass is 19.4. The second-order valence-corrected chi connectivity index (χ2v) is 6.54. The van der Waals surface area contributed by atoms with Gasteiger partial charge in [-0.25, -0.2) is 18.7 Å². The summed E-state index contributed by atoms with van der Waals surface area (Å²) in [6.45, 7) is 0.0160. The maximum absolute atomic E-state index is 13.7. The summed E-state index contributed by atoms with van der Waals surface area (Å²) in [7, 11) is 0. The van der Waals surface area contributed by atoms with Crippen LogP contribution in [-0.4, -0.2) is 25.7 Å². The Hall–Kier alpha value is -3.95. The summed E-state index contributed by atoms with van der Waals surface area (Å²) in [6.07, 6.45) is -3.84. The summed E-state index contributed by atoms with van der Waals surface area (Å²) in [6, 6.07) is 12.6. The Bertz CT molecular complexity index is 1270. The second-order valence-electron chi connectivity index (χ2n) is 6.54. The standard InChI is InChI=1S/C21H13F4N3O3/c22-15-7-6-13(8-14(15)21(23,24)25)16-9-17(31-10-12-4-2-1-3-5-12)18(20(29)30)19-26-11-27-28(16)19/h1-9,11H,10H2,(H,29,30). The number of ether oxygens (including phenoxy) is 1. The Morgan fingerprint density at radius 1 is 1.10 bits per heavy atom. The van der Waals surface area contributed by atoms with Crippen molar-refractivity contribution in [3.05, 3.63) is 83.4 Å². The number of benzene rings is 2. The topological polar surface area (TPSA) is 76.7 Å². The van der Waals surface area contributed by atoms with Crippen LogP contribution in [0, 0.1) is 5.82 Å². The fraction of sp³-hybridized carbons (Fsp3) is 0.0952. The van der Waals surface area contributed by atoms with Gasteiger partial charge in [0, 0.05) is 11.6 Å². The number of fused-ring (bicyclic) bond motifs is 1. The normalized spacial score (nSPS) is 11.6. The lowest BCUT2D eigenvalue weighted by Gasteiger charge is -2.15. The molecule has 10 heteroatoms. The number of hydrogen-bond acceptors (Lipinski definition) is 4. The summed E-state index contributed by atoms with van der Waals surface area (Å²) in [5, 5.41) is 13.6. The van der Waals surface area contributed by atoms with E-state index < -0.39 is 23.5 Å². The van der Waals surface area contributed by atoms with Crippen LogP contribution in [-0.2, 0) is 12.8 Å². The third-order valence-electron chi connectivity index (χ3n) is 4.53. The zero-order valence-corrected chi connectivity index (χ0v) is 15.6. The van der Waals surface area contributed by atoms with Gasteiger partial charge in [0.15, 0.2) is 5.65 Å². The van der Waals surface area contributed by atoms with Crippen molar-refractivity contribution in [2.75, 3.05) is 0 Å². The van der Waals surface area contributed by atoms with Crippen LogP contribution in [0.15, 0.2) is 60.9 Å². The van der Waals surface area contributed by atoms with Gasteiger partial charge in [-0.2, -0.15) is 18.3 Å². The Morgan fingerprint density at radius 3 is 2.52 bits per heavy atom. The monoisotopic (exact) mass is 431 g/mol. The predicted octanol–water partition coefficient (Wildman–Crippen LogP) is 4.83. The van der Waals surface area contributed by atoms with Gasteiger partial charge in [-0.1, -0.05) is 30.3 Å². The minimum absolute atomic E-state index is 0.0160. The number of halogens is 4. The van der Waals surface area contributed by atoms with Crippen molar-refractivity contribution in [3.63, 3.8) is 0 Å². The van der Waals surface area contributed by atoms with Gasteiger partial charge >= 0.3 is 12.1 Å². The maximum Gasteiger partial charge on any atom is 0.419 e. The highest BCUT2D eigenvalue weighted by Crippen LogP contribution is 2.36. The molecule has 0 bridgehead atoms. The van der Waals surface area contributed by atoms with Crippen molar-refractivity contribution in [1.29, 1.82) is 0 Å². The molecule has 31 heavy (non-hydrogen) atoms. The molecule has 2 heterocycles. The van der Waals surface area contributed by atoms with Gasteiger partial charge < -0.3 is 9.84 Å². The molecule has 0 unspecified atom stereocenters. The molecule has 1 N–H and O–H groups in total. The first-order valence-electron chi connectivity index (χ1n) is 8.89. The van der Waals surface area contributed by atoms with Crippen molar-refractivity contribution >= 4 is 11.6 Å². The summed E-state index contributed by atoms with van der Waals surface area (Å²) in [4.78, 5) is 15.8. The van der Waals surface area contributed by atoms with Crippen LogP contribution in [0.5, 0.6) is 5.75 Å². The van der Waals surface area contributed by atoms with E-state index in [0.717, 1.165) is 22.5 Å². The molecule has 0 fully saturated rings. The molecule has 2 aromatic heterocycles. The Labute approximate surface area is 172 Å². The Morgan fingerprint density at radius 2 is 1.84 bits per heavy atom. The molecule has 0 saturated heterocycles. The molecule has 0 aliphatic carbocycles. The van der Waals surface area contributed by atoms with Crippen LogP contribution >= 0.6 is 0 Å². The van der Waals surface area contributed by atoms with Crippen molar-refractivity contribution in [3.8, 4) is 17.0 Å². The number of carboxylic acid groups (broad SMARTS) is 1. The molecule has 4 aromatic rings. The number of carboxylic acids is 1. The number of hydrogen-bond donors (Lipinski definition) is 1.